The van der Waals surface area contributed by atoms with Gasteiger partial charge in [0.15, 0.2) is 18.1 Å². The first-order valence-electron chi connectivity index (χ1n) is 8.29. The highest BCUT2D eigenvalue weighted by Gasteiger charge is 2.27. The summed E-state index contributed by atoms with van der Waals surface area (Å²) in [6.07, 6.45) is 7.22. The molecule has 0 aromatic heterocycles. The lowest BCUT2D eigenvalue weighted by Crippen LogP contribution is -2.40. The van der Waals surface area contributed by atoms with Gasteiger partial charge in [-0.25, -0.2) is 0 Å². The van der Waals surface area contributed by atoms with E-state index < -0.39 is 0 Å². The molecule has 4 nitrogen and oxygen atoms in total. The van der Waals surface area contributed by atoms with Gasteiger partial charge in [-0.1, -0.05) is 38.3 Å². The Morgan fingerprint density at radius 1 is 1.27 bits per heavy atom. The first-order chi connectivity index (χ1) is 10.7. The van der Waals surface area contributed by atoms with Gasteiger partial charge in [-0.15, -0.1) is 0 Å². The number of nitrogens with one attached hydrogen (secondary N) is 1. The molecule has 1 fully saturated rings. The van der Waals surface area contributed by atoms with Crippen LogP contribution in [0.15, 0.2) is 24.3 Å². The van der Waals surface area contributed by atoms with Crippen LogP contribution in [0, 0.1) is 5.92 Å². The van der Waals surface area contributed by atoms with E-state index in [1.54, 1.807) is 7.11 Å². The monoisotopic (exact) mass is 305 g/mol. The lowest BCUT2D eigenvalue weighted by atomic mass is 9.97. The maximum atomic E-state index is 12.1. The SMILES string of the molecule is CCCCC1CCCC1NC(=O)COc1ccccc1OC. The van der Waals surface area contributed by atoms with Gasteiger partial charge < -0.3 is 14.8 Å². The van der Waals surface area contributed by atoms with Crippen LogP contribution in [0.2, 0.25) is 0 Å². The molecule has 1 aliphatic rings. The first kappa shape index (κ1) is 16.7. The third kappa shape index (κ3) is 4.65. The molecule has 0 saturated heterocycles. The van der Waals surface area contributed by atoms with Crippen molar-refractivity contribution in [1.82, 2.24) is 5.32 Å². The zero-order valence-corrected chi connectivity index (χ0v) is 13.6. The summed E-state index contributed by atoms with van der Waals surface area (Å²) >= 11 is 0. The molecule has 22 heavy (non-hydrogen) atoms. The molecule has 2 rings (SSSR count). The second kappa shape index (κ2) is 8.66. The summed E-state index contributed by atoms with van der Waals surface area (Å²) in [5, 5.41) is 3.14. The zero-order chi connectivity index (χ0) is 15.8. The Balaban J connectivity index is 1.80. The Bertz CT molecular complexity index is 475. The number of amides is 1. The van der Waals surface area contributed by atoms with Gasteiger partial charge in [0.25, 0.3) is 5.91 Å². The molecule has 4 heteroatoms. The molecule has 1 N–H and O–H groups in total. The number of benzene rings is 1. The number of para-hydroxylation sites is 2. The van der Waals surface area contributed by atoms with E-state index in [1.807, 2.05) is 24.3 Å². The van der Waals surface area contributed by atoms with Gasteiger partial charge in [-0.2, -0.15) is 0 Å². The Hall–Kier alpha value is -1.71. The molecule has 1 aromatic carbocycles. The van der Waals surface area contributed by atoms with E-state index in [-0.39, 0.29) is 12.5 Å². The third-order valence-electron chi connectivity index (χ3n) is 4.36. The smallest absolute Gasteiger partial charge is 0.258 e. The van der Waals surface area contributed by atoms with E-state index in [0.29, 0.717) is 23.5 Å². The molecule has 0 heterocycles. The summed E-state index contributed by atoms with van der Waals surface area (Å²) in [6, 6.07) is 7.70. The van der Waals surface area contributed by atoms with Crippen LogP contribution in [0.4, 0.5) is 0 Å². The average molecular weight is 305 g/mol. The lowest BCUT2D eigenvalue weighted by Gasteiger charge is -2.21. The highest BCUT2D eigenvalue weighted by Crippen LogP contribution is 2.30. The van der Waals surface area contributed by atoms with Crippen molar-refractivity contribution in [3.8, 4) is 11.5 Å². The summed E-state index contributed by atoms with van der Waals surface area (Å²) < 4.78 is 10.8. The van der Waals surface area contributed by atoms with E-state index in [4.69, 9.17) is 9.47 Å². The van der Waals surface area contributed by atoms with Crippen LogP contribution in [-0.4, -0.2) is 25.7 Å². The van der Waals surface area contributed by atoms with E-state index in [1.165, 1.54) is 32.1 Å². The van der Waals surface area contributed by atoms with Crippen molar-refractivity contribution >= 4 is 5.91 Å². The highest BCUT2D eigenvalue weighted by molar-refractivity contribution is 5.78. The van der Waals surface area contributed by atoms with Gasteiger partial charge in [0.1, 0.15) is 0 Å². The summed E-state index contributed by atoms with van der Waals surface area (Å²) in [7, 11) is 1.60. The van der Waals surface area contributed by atoms with Gasteiger partial charge in [-0.3, -0.25) is 4.79 Å². The van der Waals surface area contributed by atoms with Gasteiger partial charge in [0.2, 0.25) is 0 Å². The molecule has 1 aromatic rings. The summed E-state index contributed by atoms with van der Waals surface area (Å²) in [6.45, 7) is 2.25. The van der Waals surface area contributed by atoms with Crippen LogP contribution in [0.3, 0.4) is 0 Å². The predicted octanol–water partition coefficient (Wildman–Crippen LogP) is 3.55. The number of hydrogen-bond donors (Lipinski definition) is 1. The maximum Gasteiger partial charge on any atom is 0.258 e. The Labute approximate surface area is 133 Å². The summed E-state index contributed by atoms with van der Waals surface area (Å²) in [5.41, 5.74) is 0. The minimum Gasteiger partial charge on any atom is -0.493 e. The van der Waals surface area contributed by atoms with E-state index in [9.17, 15) is 4.79 Å². The van der Waals surface area contributed by atoms with Crippen LogP contribution < -0.4 is 14.8 Å². The van der Waals surface area contributed by atoms with Gasteiger partial charge in [-0.05, 0) is 37.3 Å². The number of unbranched alkanes of at least 4 members (excludes halogenated alkanes) is 1. The molecular formula is C18H27NO3. The normalized spacial score (nSPS) is 20.6. The van der Waals surface area contributed by atoms with Crippen molar-refractivity contribution in [3.05, 3.63) is 24.3 Å². The van der Waals surface area contributed by atoms with E-state index >= 15 is 0 Å². The second-order valence-corrected chi connectivity index (χ2v) is 5.95. The van der Waals surface area contributed by atoms with E-state index in [0.717, 1.165) is 6.42 Å². The maximum absolute atomic E-state index is 12.1. The number of rotatable bonds is 8. The molecule has 122 valence electrons. The van der Waals surface area contributed by atoms with Crippen LogP contribution in [0.5, 0.6) is 11.5 Å². The molecule has 2 unspecified atom stereocenters. The fourth-order valence-electron chi connectivity index (χ4n) is 3.17. The van der Waals surface area contributed by atoms with Crippen molar-refractivity contribution in [3.63, 3.8) is 0 Å². The molecule has 1 amide bonds. The second-order valence-electron chi connectivity index (χ2n) is 5.95. The summed E-state index contributed by atoms with van der Waals surface area (Å²) in [4.78, 5) is 12.1. The molecule has 1 saturated carbocycles. The van der Waals surface area contributed by atoms with Crippen molar-refractivity contribution in [2.24, 2.45) is 5.92 Å². The van der Waals surface area contributed by atoms with Crippen LogP contribution >= 0.6 is 0 Å². The van der Waals surface area contributed by atoms with Crippen molar-refractivity contribution < 1.29 is 14.3 Å². The van der Waals surface area contributed by atoms with Crippen molar-refractivity contribution in [2.45, 2.75) is 51.5 Å². The average Bonchev–Trinajstić information content (AvgIpc) is 2.98. The zero-order valence-electron chi connectivity index (χ0n) is 13.6. The minimum absolute atomic E-state index is 0.0391. The highest BCUT2D eigenvalue weighted by atomic mass is 16.5. The van der Waals surface area contributed by atoms with Crippen LogP contribution in [-0.2, 0) is 4.79 Å². The number of carbonyl (C=O) groups is 1. The lowest BCUT2D eigenvalue weighted by molar-refractivity contribution is -0.124. The standard InChI is InChI=1S/C18H27NO3/c1-3-4-8-14-9-7-10-15(14)19-18(20)13-22-17-12-6-5-11-16(17)21-2/h5-6,11-12,14-15H,3-4,7-10,13H2,1-2H3,(H,19,20). The number of hydrogen-bond acceptors (Lipinski definition) is 3. The van der Waals surface area contributed by atoms with Gasteiger partial charge >= 0.3 is 0 Å². The fraction of sp³-hybridized carbons (Fsp3) is 0.611. The molecule has 0 bridgehead atoms. The largest absolute Gasteiger partial charge is 0.493 e. The van der Waals surface area contributed by atoms with Gasteiger partial charge in [0.05, 0.1) is 7.11 Å². The topological polar surface area (TPSA) is 47.6 Å². The minimum atomic E-state index is -0.0423. The molecular weight excluding hydrogens is 278 g/mol. The van der Waals surface area contributed by atoms with Gasteiger partial charge in [0, 0.05) is 6.04 Å². The Morgan fingerprint density at radius 3 is 2.77 bits per heavy atom. The molecule has 0 spiro atoms. The predicted molar refractivity (Wildman–Crippen MR) is 87.3 cm³/mol. The number of ether oxygens (including phenoxy) is 2. The Morgan fingerprint density at radius 2 is 2.05 bits per heavy atom. The fourth-order valence-corrected chi connectivity index (χ4v) is 3.17. The van der Waals surface area contributed by atoms with Crippen LogP contribution in [0.1, 0.15) is 45.4 Å². The molecule has 1 aliphatic carbocycles. The Kier molecular flexibility index (Phi) is 6.56. The first-order valence-corrected chi connectivity index (χ1v) is 8.29. The van der Waals surface area contributed by atoms with Crippen molar-refractivity contribution in [1.29, 1.82) is 0 Å². The van der Waals surface area contributed by atoms with Crippen molar-refractivity contribution in [2.75, 3.05) is 13.7 Å². The molecule has 2 atom stereocenters. The number of methoxy groups -OCH3 is 1. The third-order valence-corrected chi connectivity index (χ3v) is 4.36. The quantitative estimate of drug-likeness (QED) is 0.799. The van der Waals surface area contributed by atoms with Crippen LogP contribution in [0.25, 0.3) is 0 Å². The molecule has 0 radical (unpaired) electrons. The molecule has 0 aliphatic heterocycles. The number of carbonyl (C=O) groups excluding carboxylic acids is 1. The van der Waals surface area contributed by atoms with E-state index in [2.05, 4.69) is 12.2 Å². The summed E-state index contributed by atoms with van der Waals surface area (Å²) in [5.74, 6) is 1.85.